The molecule has 106 valence electrons. The maximum atomic E-state index is 12.3. The van der Waals surface area contributed by atoms with E-state index in [0.717, 1.165) is 12.0 Å². The van der Waals surface area contributed by atoms with Crippen molar-refractivity contribution in [3.63, 3.8) is 0 Å². The highest BCUT2D eigenvalue weighted by Crippen LogP contribution is 2.21. The van der Waals surface area contributed by atoms with E-state index in [2.05, 4.69) is 11.8 Å². The highest BCUT2D eigenvalue weighted by molar-refractivity contribution is 5.94. The molecule has 0 aliphatic carbocycles. The maximum Gasteiger partial charge on any atom is 0.253 e. The molecule has 0 spiro atoms. The van der Waals surface area contributed by atoms with Crippen LogP contribution < -0.4 is 5.73 Å². The molecule has 1 heterocycles. The molecule has 1 aromatic rings. The van der Waals surface area contributed by atoms with Crippen LogP contribution in [0.15, 0.2) is 24.3 Å². The van der Waals surface area contributed by atoms with Crippen LogP contribution in [0.4, 0.5) is 0 Å². The first kappa shape index (κ1) is 14.6. The number of nitrogens with two attached hydrogens (primary N) is 1. The fourth-order valence-electron chi connectivity index (χ4n) is 2.40. The number of aliphatic hydroxyl groups excluding tert-OH is 1. The second-order valence-electron chi connectivity index (χ2n) is 5.12. The summed E-state index contributed by atoms with van der Waals surface area (Å²) in [5.41, 5.74) is 6.84. The van der Waals surface area contributed by atoms with Crippen molar-refractivity contribution >= 4 is 5.91 Å². The van der Waals surface area contributed by atoms with Gasteiger partial charge in [-0.2, -0.15) is 0 Å². The van der Waals surface area contributed by atoms with Gasteiger partial charge < -0.3 is 15.7 Å². The summed E-state index contributed by atoms with van der Waals surface area (Å²) in [4.78, 5) is 14.1. The molecule has 3 N–H and O–H groups in total. The Balaban J connectivity index is 2.03. The van der Waals surface area contributed by atoms with Gasteiger partial charge in [0.1, 0.15) is 0 Å². The molecule has 20 heavy (non-hydrogen) atoms. The lowest BCUT2D eigenvalue weighted by molar-refractivity contribution is 0.0762. The molecule has 1 fully saturated rings. The van der Waals surface area contributed by atoms with E-state index in [9.17, 15) is 9.90 Å². The van der Waals surface area contributed by atoms with Gasteiger partial charge in [0.2, 0.25) is 0 Å². The predicted molar refractivity (Wildman–Crippen MR) is 78.1 cm³/mol. The van der Waals surface area contributed by atoms with E-state index in [4.69, 9.17) is 5.73 Å². The number of rotatable bonds is 2. The standard InChI is InChI=1S/C16H20N2O2/c1-12(19)15-8-10-18(11-15)16(20)14-6-4-13(5-7-14)3-2-9-17/h4-7,12,15,19H,8-11,17H2,1H3. The number of likely N-dealkylation sites (tertiary alicyclic amines) is 1. The lowest BCUT2D eigenvalue weighted by atomic mass is 10.0. The summed E-state index contributed by atoms with van der Waals surface area (Å²) in [7, 11) is 0. The third-order valence-corrected chi connectivity index (χ3v) is 3.66. The zero-order valence-electron chi connectivity index (χ0n) is 11.7. The molecule has 1 aliphatic rings. The normalized spacial score (nSPS) is 19.4. The first-order chi connectivity index (χ1) is 9.61. The predicted octanol–water partition coefficient (Wildman–Crippen LogP) is 0.840. The minimum absolute atomic E-state index is 0.0199. The number of aliphatic hydroxyl groups is 1. The van der Waals surface area contributed by atoms with Crippen molar-refractivity contribution in [2.45, 2.75) is 19.4 Å². The molecule has 2 atom stereocenters. The van der Waals surface area contributed by atoms with E-state index in [1.807, 2.05) is 12.1 Å². The van der Waals surface area contributed by atoms with Crippen molar-refractivity contribution in [1.29, 1.82) is 0 Å². The van der Waals surface area contributed by atoms with Crippen LogP contribution in [0.2, 0.25) is 0 Å². The van der Waals surface area contributed by atoms with Gasteiger partial charge in [-0.1, -0.05) is 11.8 Å². The Morgan fingerprint density at radius 1 is 1.50 bits per heavy atom. The number of amides is 1. The van der Waals surface area contributed by atoms with Gasteiger partial charge in [0.15, 0.2) is 0 Å². The molecule has 1 aromatic carbocycles. The molecule has 0 radical (unpaired) electrons. The summed E-state index contributed by atoms with van der Waals surface area (Å²) in [6.45, 7) is 3.45. The molecule has 1 aliphatic heterocycles. The van der Waals surface area contributed by atoms with Crippen LogP contribution in [0, 0.1) is 17.8 Å². The average Bonchev–Trinajstić information content (AvgIpc) is 2.95. The Kier molecular flexibility index (Phi) is 4.78. The van der Waals surface area contributed by atoms with E-state index in [1.165, 1.54) is 0 Å². The van der Waals surface area contributed by atoms with E-state index < -0.39 is 0 Å². The lowest BCUT2D eigenvalue weighted by Crippen LogP contribution is -2.30. The monoisotopic (exact) mass is 272 g/mol. The molecule has 0 bridgehead atoms. The Bertz CT molecular complexity index is 526. The Hall–Kier alpha value is -1.83. The zero-order chi connectivity index (χ0) is 14.5. The SMILES string of the molecule is CC(O)C1CCN(C(=O)c2ccc(C#CCN)cc2)C1. The van der Waals surface area contributed by atoms with E-state index >= 15 is 0 Å². The van der Waals surface area contributed by atoms with Crippen LogP contribution in [0.1, 0.15) is 29.3 Å². The van der Waals surface area contributed by atoms with Gasteiger partial charge in [-0.05, 0) is 37.6 Å². The number of benzene rings is 1. The average molecular weight is 272 g/mol. The summed E-state index contributed by atoms with van der Waals surface area (Å²) < 4.78 is 0. The topological polar surface area (TPSA) is 66.6 Å². The van der Waals surface area contributed by atoms with Gasteiger partial charge in [-0.15, -0.1) is 0 Å². The van der Waals surface area contributed by atoms with E-state index in [0.29, 0.717) is 25.2 Å². The molecule has 0 aromatic heterocycles. The van der Waals surface area contributed by atoms with Gasteiger partial charge >= 0.3 is 0 Å². The minimum Gasteiger partial charge on any atom is -0.393 e. The quantitative estimate of drug-likeness (QED) is 0.784. The van der Waals surface area contributed by atoms with Crippen molar-refractivity contribution < 1.29 is 9.90 Å². The van der Waals surface area contributed by atoms with Gasteiger partial charge in [0.25, 0.3) is 5.91 Å². The van der Waals surface area contributed by atoms with Crippen LogP contribution in [-0.4, -0.2) is 41.7 Å². The molecule has 2 unspecified atom stereocenters. The van der Waals surface area contributed by atoms with Crippen LogP contribution in [-0.2, 0) is 0 Å². The summed E-state index contributed by atoms with van der Waals surface area (Å²) in [5.74, 6) is 5.92. The van der Waals surface area contributed by atoms with E-state index in [1.54, 1.807) is 24.0 Å². The molecule has 2 rings (SSSR count). The number of hydrogen-bond donors (Lipinski definition) is 2. The summed E-state index contributed by atoms with van der Waals surface area (Å²) in [5, 5.41) is 9.58. The van der Waals surface area contributed by atoms with Gasteiger partial charge in [-0.25, -0.2) is 0 Å². The molecular weight excluding hydrogens is 252 g/mol. The fraction of sp³-hybridized carbons (Fsp3) is 0.438. The molecule has 4 nitrogen and oxygen atoms in total. The number of hydrogen-bond acceptors (Lipinski definition) is 3. The fourth-order valence-corrected chi connectivity index (χ4v) is 2.40. The van der Waals surface area contributed by atoms with Crippen molar-refractivity contribution in [3.8, 4) is 11.8 Å². The van der Waals surface area contributed by atoms with Crippen molar-refractivity contribution in [1.82, 2.24) is 4.90 Å². The molecule has 4 heteroatoms. The van der Waals surface area contributed by atoms with Crippen LogP contribution in [0.5, 0.6) is 0 Å². The zero-order valence-corrected chi connectivity index (χ0v) is 11.7. The summed E-state index contributed by atoms with van der Waals surface area (Å²) in [6.07, 6.45) is 0.505. The van der Waals surface area contributed by atoms with Gasteiger partial charge in [0, 0.05) is 30.1 Å². The van der Waals surface area contributed by atoms with Gasteiger partial charge in [-0.3, -0.25) is 4.79 Å². The molecule has 1 saturated heterocycles. The highest BCUT2D eigenvalue weighted by Gasteiger charge is 2.29. The second-order valence-corrected chi connectivity index (χ2v) is 5.12. The first-order valence-electron chi connectivity index (χ1n) is 6.88. The molecular formula is C16H20N2O2. The first-order valence-corrected chi connectivity index (χ1v) is 6.88. The Labute approximate surface area is 119 Å². The third-order valence-electron chi connectivity index (χ3n) is 3.66. The highest BCUT2D eigenvalue weighted by atomic mass is 16.3. The summed E-state index contributed by atoms with van der Waals surface area (Å²) >= 11 is 0. The number of carbonyl (C=O) groups excluding carboxylic acids is 1. The van der Waals surface area contributed by atoms with Crippen molar-refractivity contribution in [2.24, 2.45) is 11.7 Å². The smallest absolute Gasteiger partial charge is 0.253 e. The minimum atomic E-state index is -0.360. The molecule has 1 amide bonds. The number of carbonyl (C=O) groups is 1. The van der Waals surface area contributed by atoms with Gasteiger partial charge in [0.05, 0.1) is 12.6 Å². The largest absolute Gasteiger partial charge is 0.393 e. The van der Waals surface area contributed by atoms with Crippen LogP contribution in [0.25, 0.3) is 0 Å². The van der Waals surface area contributed by atoms with Crippen LogP contribution >= 0.6 is 0 Å². The summed E-state index contributed by atoms with van der Waals surface area (Å²) in [6, 6.07) is 7.24. The van der Waals surface area contributed by atoms with E-state index in [-0.39, 0.29) is 17.9 Å². The Morgan fingerprint density at radius 3 is 2.75 bits per heavy atom. The number of nitrogens with zero attached hydrogens (tertiary/aromatic N) is 1. The lowest BCUT2D eigenvalue weighted by Gasteiger charge is -2.17. The van der Waals surface area contributed by atoms with Crippen molar-refractivity contribution in [2.75, 3.05) is 19.6 Å². The third kappa shape index (κ3) is 3.38. The van der Waals surface area contributed by atoms with Crippen LogP contribution in [0.3, 0.4) is 0 Å². The Morgan fingerprint density at radius 2 is 2.20 bits per heavy atom. The maximum absolute atomic E-state index is 12.3. The van der Waals surface area contributed by atoms with Crippen molar-refractivity contribution in [3.05, 3.63) is 35.4 Å². The second kappa shape index (κ2) is 6.56. The molecule has 0 saturated carbocycles.